The summed E-state index contributed by atoms with van der Waals surface area (Å²) in [4.78, 5) is 21.1. The molecule has 7 heteroatoms. The van der Waals surface area contributed by atoms with Crippen LogP contribution in [0.2, 0.25) is 0 Å². The molecule has 0 radical (unpaired) electrons. The fourth-order valence-electron chi connectivity index (χ4n) is 4.22. The number of H-pyrrole nitrogens is 1. The van der Waals surface area contributed by atoms with E-state index in [0.29, 0.717) is 23.0 Å². The third kappa shape index (κ3) is 4.20. The number of hydrogen-bond acceptors (Lipinski definition) is 5. The number of aromatic amines is 1. The Bertz CT molecular complexity index is 1230. The number of rotatable bonds is 5. The number of nitrogens with one attached hydrogen (secondary N) is 1. The average Bonchev–Trinajstić information content (AvgIpc) is 3.24. The van der Waals surface area contributed by atoms with Gasteiger partial charge in [0.15, 0.2) is 5.65 Å². The number of ether oxygens (including phenoxy) is 1. The van der Waals surface area contributed by atoms with Gasteiger partial charge in [0.25, 0.3) is 0 Å². The lowest BCUT2D eigenvalue weighted by atomic mass is 9.89. The lowest BCUT2D eigenvalue weighted by Crippen LogP contribution is -2.23. The van der Waals surface area contributed by atoms with Crippen molar-refractivity contribution >= 4 is 11.2 Å². The molecule has 0 unspecified atom stereocenters. The van der Waals surface area contributed by atoms with Crippen LogP contribution in [0.4, 0.5) is 4.39 Å². The Morgan fingerprint density at radius 2 is 1.88 bits per heavy atom. The van der Waals surface area contributed by atoms with Crippen molar-refractivity contribution in [3.8, 4) is 28.5 Å². The standard InChI is InChI=1S/C25H26FN5O/c1-15-3-7-19(8-4-15)32-23-10-5-17(13-28-23)22-11-16(2)20(14-27-22)24-30-21-9-6-18(12-26)29-25(21)31-24/h5-6,9-11,13-15,19H,3-4,7-8,12H2,1-2H3,(H,29,30,31). The van der Waals surface area contributed by atoms with Crippen molar-refractivity contribution in [2.75, 3.05) is 0 Å². The molecule has 0 aromatic carbocycles. The third-order valence-corrected chi connectivity index (χ3v) is 6.19. The largest absolute Gasteiger partial charge is 0.474 e. The summed E-state index contributed by atoms with van der Waals surface area (Å²) in [5, 5.41) is 0. The van der Waals surface area contributed by atoms with E-state index in [1.807, 2.05) is 31.3 Å². The number of hydrogen-bond donors (Lipinski definition) is 1. The maximum Gasteiger partial charge on any atom is 0.213 e. The third-order valence-electron chi connectivity index (χ3n) is 6.19. The molecule has 0 saturated heterocycles. The Labute approximate surface area is 186 Å². The highest BCUT2D eigenvalue weighted by Crippen LogP contribution is 2.29. The lowest BCUT2D eigenvalue weighted by molar-refractivity contribution is 0.130. The van der Waals surface area contributed by atoms with Gasteiger partial charge < -0.3 is 9.72 Å². The van der Waals surface area contributed by atoms with E-state index in [0.717, 1.165) is 46.7 Å². The van der Waals surface area contributed by atoms with Crippen molar-refractivity contribution in [2.24, 2.45) is 5.92 Å². The van der Waals surface area contributed by atoms with E-state index in [9.17, 15) is 4.39 Å². The second-order valence-electron chi connectivity index (χ2n) is 8.66. The minimum Gasteiger partial charge on any atom is -0.474 e. The first-order valence-electron chi connectivity index (χ1n) is 11.1. The van der Waals surface area contributed by atoms with Crippen molar-refractivity contribution in [3.63, 3.8) is 0 Å². The van der Waals surface area contributed by atoms with E-state index in [4.69, 9.17) is 4.74 Å². The second kappa shape index (κ2) is 8.65. The minimum absolute atomic E-state index is 0.267. The number of aryl methyl sites for hydroxylation is 1. The summed E-state index contributed by atoms with van der Waals surface area (Å²) in [6.07, 6.45) is 8.51. The molecule has 32 heavy (non-hydrogen) atoms. The van der Waals surface area contributed by atoms with E-state index in [2.05, 4.69) is 31.8 Å². The molecule has 164 valence electrons. The van der Waals surface area contributed by atoms with Crippen LogP contribution < -0.4 is 4.74 Å². The van der Waals surface area contributed by atoms with Gasteiger partial charge in [-0.05, 0) is 68.4 Å². The zero-order valence-corrected chi connectivity index (χ0v) is 18.3. The van der Waals surface area contributed by atoms with E-state index >= 15 is 0 Å². The SMILES string of the molecule is Cc1cc(-c2ccc(OC3CCC(C)CC3)nc2)ncc1-c1nc2nc(CF)ccc2[nH]1. The van der Waals surface area contributed by atoms with Gasteiger partial charge in [-0.25, -0.2) is 19.3 Å². The number of nitrogens with zero attached hydrogens (tertiary/aromatic N) is 4. The predicted molar refractivity (Wildman–Crippen MR) is 122 cm³/mol. The van der Waals surface area contributed by atoms with Crippen molar-refractivity contribution < 1.29 is 9.13 Å². The van der Waals surface area contributed by atoms with Crippen LogP contribution in [0.1, 0.15) is 43.9 Å². The topological polar surface area (TPSA) is 76.6 Å². The quantitative estimate of drug-likeness (QED) is 0.431. The monoisotopic (exact) mass is 431 g/mol. The Morgan fingerprint density at radius 1 is 1.03 bits per heavy atom. The van der Waals surface area contributed by atoms with Gasteiger partial charge in [0.1, 0.15) is 18.6 Å². The Kier molecular flexibility index (Phi) is 5.55. The molecule has 4 aromatic heterocycles. The number of halogens is 1. The van der Waals surface area contributed by atoms with Crippen molar-refractivity contribution in [1.82, 2.24) is 24.9 Å². The van der Waals surface area contributed by atoms with Gasteiger partial charge in [-0.15, -0.1) is 0 Å². The molecule has 6 nitrogen and oxygen atoms in total. The molecule has 0 amide bonds. The average molecular weight is 432 g/mol. The van der Waals surface area contributed by atoms with Gasteiger partial charge in [0.2, 0.25) is 5.88 Å². The van der Waals surface area contributed by atoms with Crippen LogP contribution in [-0.4, -0.2) is 31.0 Å². The van der Waals surface area contributed by atoms with Gasteiger partial charge in [-0.2, -0.15) is 0 Å². The molecule has 5 rings (SSSR count). The highest BCUT2D eigenvalue weighted by Gasteiger charge is 2.20. The maximum atomic E-state index is 12.9. The normalized spacial score (nSPS) is 18.7. The van der Waals surface area contributed by atoms with Crippen LogP contribution in [0.3, 0.4) is 0 Å². The summed E-state index contributed by atoms with van der Waals surface area (Å²) in [6.45, 7) is 3.71. The van der Waals surface area contributed by atoms with Crippen molar-refractivity contribution in [2.45, 2.75) is 52.3 Å². The first kappa shape index (κ1) is 20.5. The summed E-state index contributed by atoms with van der Waals surface area (Å²) < 4.78 is 19.0. The summed E-state index contributed by atoms with van der Waals surface area (Å²) in [6, 6.07) is 9.40. The number of fused-ring (bicyclic) bond motifs is 1. The van der Waals surface area contributed by atoms with Crippen LogP contribution in [0, 0.1) is 12.8 Å². The summed E-state index contributed by atoms with van der Waals surface area (Å²) in [7, 11) is 0. The Morgan fingerprint density at radius 3 is 2.59 bits per heavy atom. The van der Waals surface area contributed by atoms with E-state index in [-0.39, 0.29) is 6.10 Å². The first-order valence-corrected chi connectivity index (χ1v) is 11.1. The number of alkyl halides is 1. The lowest BCUT2D eigenvalue weighted by Gasteiger charge is -2.26. The predicted octanol–water partition coefficient (Wildman–Crippen LogP) is 5.82. The highest BCUT2D eigenvalue weighted by molar-refractivity contribution is 5.77. The molecule has 1 saturated carbocycles. The fourth-order valence-corrected chi connectivity index (χ4v) is 4.22. The Balaban J connectivity index is 1.34. The molecule has 4 heterocycles. The molecule has 0 atom stereocenters. The molecular formula is C25H26FN5O. The molecule has 1 aliphatic carbocycles. The van der Waals surface area contributed by atoms with Crippen LogP contribution in [-0.2, 0) is 6.67 Å². The summed E-state index contributed by atoms with van der Waals surface area (Å²) in [5.74, 6) is 2.14. The molecule has 1 fully saturated rings. The molecule has 1 N–H and O–H groups in total. The fraction of sp³-hybridized carbons (Fsp3) is 0.360. The Hall–Kier alpha value is -3.35. The molecule has 1 aliphatic rings. The van der Waals surface area contributed by atoms with Crippen LogP contribution in [0.25, 0.3) is 33.8 Å². The molecule has 0 bridgehead atoms. The van der Waals surface area contributed by atoms with Gasteiger partial charge >= 0.3 is 0 Å². The number of imidazole rings is 1. The summed E-state index contributed by atoms with van der Waals surface area (Å²) >= 11 is 0. The second-order valence-corrected chi connectivity index (χ2v) is 8.66. The highest BCUT2D eigenvalue weighted by atomic mass is 19.1. The number of aromatic nitrogens is 5. The van der Waals surface area contributed by atoms with Crippen molar-refractivity contribution in [1.29, 1.82) is 0 Å². The van der Waals surface area contributed by atoms with Gasteiger partial charge in [0, 0.05) is 29.6 Å². The minimum atomic E-state index is -0.606. The van der Waals surface area contributed by atoms with Crippen LogP contribution in [0.15, 0.2) is 42.7 Å². The zero-order valence-electron chi connectivity index (χ0n) is 18.3. The van der Waals surface area contributed by atoms with Gasteiger partial charge in [0.05, 0.1) is 16.9 Å². The van der Waals surface area contributed by atoms with E-state index < -0.39 is 6.67 Å². The summed E-state index contributed by atoms with van der Waals surface area (Å²) in [5.41, 5.74) is 5.33. The molecular weight excluding hydrogens is 405 g/mol. The van der Waals surface area contributed by atoms with E-state index in [1.54, 1.807) is 18.3 Å². The van der Waals surface area contributed by atoms with Crippen LogP contribution >= 0.6 is 0 Å². The first-order chi connectivity index (χ1) is 15.6. The van der Waals surface area contributed by atoms with Crippen LogP contribution in [0.5, 0.6) is 5.88 Å². The zero-order chi connectivity index (χ0) is 22.1. The number of pyridine rings is 3. The van der Waals surface area contributed by atoms with Gasteiger partial charge in [-0.1, -0.05) is 6.92 Å². The molecule has 0 aliphatic heterocycles. The molecule has 4 aromatic rings. The smallest absolute Gasteiger partial charge is 0.213 e. The maximum absolute atomic E-state index is 12.9. The van der Waals surface area contributed by atoms with E-state index in [1.165, 1.54) is 12.8 Å². The van der Waals surface area contributed by atoms with Crippen molar-refractivity contribution in [3.05, 3.63) is 54.0 Å². The molecule has 0 spiro atoms. The van der Waals surface area contributed by atoms with Gasteiger partial charge in [-0.3, -0.25) is 4.98 Å².